The maximum absolute atomic E-state index is 5.86. The number of nitrogens with zero attached hydrogens (tertiary/aromatic N) is 2. The van der Waals surface area contributed by atoms with Crippen molar-refractivity contribution >= 4 is 35.6 Å². The first kappa shape index (κ1) is 19.0. The third kappa shape index (κ3) is 6.42. The van der Waals surface area contributed by atoms with E-state index < -0.39 is 0 Å². The maximum atomic E-state index is 5.86. The maximum Gasteiger partial charge on any atom is 0.193 e. The highest BCUT2D eigenvalue weighted by Crippen LogP contribution is 2.22. The first-order chi connectivity index (χ1) is 9.04. The van der Waals surface area contributed by atoms with Gasteiger partial charge in [0.05, 0.1) is 19.3 Å². The number of nitrogens with one attached hydrogen (secondary N) is 1. The van der Waals surface area contributed by atoms with E-state index in [4.69, 9.17) is 10.5 Å². The largest absolute Gasteiger partial charge is 0.495 e. The number of para-hydroxylation sites is 2. The number of rotatable bonds is 6. The van der Waals surface area contributed by atoms with E-state index in [0.717, 1.165) is 18.0 Å². The molecule has 3 N–H and O–H groups in total. The molecule has 0 saturated carbocycles. The standard InChI is InChI=1S/C14H24N4O.HI/c1-11(2)18(3)10-9-16-14(15)17-12-7-5-6-8-13(12)19-4;/h5-8,11H,9-10H2,1-4H3,(H3,15,16,17);1H. The van der Waals surface area contributed by atoms with E-state index in [2.05, 4.69) is 36.1 Å². The second kappa shape index (κ2) is 9.82. The summed E-state index contributed by atoms with van der Waals surface area (Å²) in [5, 5.41) is 3.05. The zero-order valence-corrected chi connectivity index (χ0v) is 14.9. The van der Waals surface area contributed by atoms with Crippen LogP contribution in [0.25, 0.3) is 0 Å². The second-order valence-electron chi connectivity index (χ2n) is 4.67. The van der Waals surface area contributed by atoms with Crippen LogP contribution in [0.3, 0.4) is 0 Å². The third-order valence-electron chi connectivity index (χ3n) is 2.99. The average molecular weight is 392 g/mol. The zero-order valence-electron chi connectivity index (χ0n) is 12.6. The number of anilines is 1. The summed E-state index contributed by atoms with van der Waals surface area (Å²) in [6.45, 7) is 5.86. The smallest absolute Gasteiger partial charge is 0.193 e. The van der Waals surface area contributed by atoms with E-state index in [0.29, 0.717) is 18.5 Å². The van der Waals surface area contributed by atoms with Gasteiger partial charge in [-0.05, 0) is 33.0 Å². The van der Waals surface area contributed by atoms with E-state index in [1.807, 2.05) is 24.3 Å². The normalized spacial score (nSPS) is 11.4. The highest BCUT2D eigenvalue weighted by Gasteiger charge is 2.03. The van der Waals surface area contributed by atoms with Gasteiger partial charge in [0, 0.05) is 12.6 Å². The Labute approximate surface area is 138 Å². The molecule has 0 unspecified atom stereocenters. The SMILES string of the molecule is COc1ccccc1NC(N)=NCCN(C)C(C)C.I. The lowest BCUT2D eigenvalue weighted by atomic mass is 10.3. The molecule has 1 aromatic carbocycles. The van der Waals surface area contributed by atoms with Crippen molar-refractivity contribution < 1.29 is 4.74 Å². The second-order valence-corrected chi connectivity index (χ2v) is 4.67. The van der Waals surface area contributed by atoms with Crippen molar-refractivity contribution in [3.8, 4) is 5.75 Å². The summed E-state index contributed by atoms with van der Waals surface area (Å²) in [4.78, 5) is 6.53. The Balaban J connectivity index is 0.00000361. The molecule has 0 aliphatic carbocycles. The monoisotopic (exact) mass is 392 g/mol. The Morgan fingerprint density at radius 3 is 2.65 bits per heavy atom. The molecule has 1 aromatic rings. The van der Waals surface area contributed by atoms with Crippen LogP contribution in [0.5, 0.6) is 5.75 Å². The molecule has 0 saturated heterocycles. The summed E-state index contributed by atoms with van der Waals surface area (Å²) in [5.74, 6) is 1.15. The summed E-state index contributed by atoms with van der Waals surface area (Å²) in [6, 6.07) is 8.13. The molecule has 0 fully saturated rings. The van der Waals surface area contributed by atoms with Crippen LogP contribution < -0.4 is 15.8 Å². The van der Waals surface area contributed by atoms with E-state index in [1.165, 1.54) is 0 Å². The van der Waals surface area contributed by atoms with Crippen LogP contribution in [0.2, 0.25) is 0 Å². The quantitative estimate of drug-likeness (QED) is 0.443. The molecule has 0 aliphatic rings. The van der Waals surface area contributed by atoms with Gasteiger partial charge < -0.3 is 20.7 Å². The van der Waals surface area contributed by atoms with Gasteiger partial charge in [0.1, 0.15) is 5.75 Å². The fraction of sp³-hybridized carbons (Fsp3) is 0.500. The van der Waals surface area contributed by atoms with Gasteiger partial charge in [-0.15, -0.1) is 24.0 Å². The zero-order chi connectivity index (χ0) is 14.3. The molecule has 0 aliphatic heterocycles. The number of hydrogen-bond donors (Lipinski definition) is 2. The number of halogens is 1. The molecule has 0 amide bonds. The minimum atomic E-state index is 0. The average Bonchev–Trinajstić information content (AvgIpc) is 2.39. The molecule has 20 heavy (non-hydrogen) atoms. The van der Waals surface area contributed by atoms with Crippen LogP contribution in [0.1, 0.15) is 13.8 Å². The van der Waals surface area contributed by atoms with Crippen molar-refractivity contribution in [3.05, 3.63) is 24.3 Å². The van der Waals surface area contributed by atoms with Crippen LogP contribution in [0.4, 0.5) is 5.69 Å². The molecule has 0 spiro atoms. The molecule has 0 radical (unpaired) electrons. The van der Waals surface area contributed by atoms with Crippen LogP contribution in [-0.2, 0) is 0 Å². The molecule has 0 heterocycles. The van der Waals surface area contributed by atoms with Crippen LogP contribution >= 0.6 is 24.0 Å². The molecule has 0 aromatic heterocycles. The van der Waals surface area contributed by atoms with Gasteiger partial charge in [-0.3, -0.25) is 4.99 Å². The van der Waals surface area contributed by atoms with E-state index in [1.54, 1.807) is 7.11 Å². The van der Waals surface area contributed by atoms with Crippen LogP contribution in [0, 0.1) is 0 Å². The fourth-order valence-electron chi connectivity index (χ4n) is 1.51. The van der Waals surface area contributed by atoms with Crippen molar-refractivity contribution in [3.63, 3.8) is 0 Å². The van der Waals surface area contributed by atoms with Gasteiger partial charge >= 0.3 is 0 Å². The molecular weight excluding hydrogens is 367 g/mol. The highest BCUT2D eigenvalue weighted by atomic mass is 127. The third-order valence-corrected chi connectivity index (χ3v) is 2.99. The van der Waals surface area contributed by atoms with Gasteiger partial charge in [0.25, 0.3) is 0 Å². The van der Waals surface area contributed by atoms with Gasteiger partial charge in [-0.1, -0.05) is 12.1 Å². The molecule has 1 rings (SSSR count). The van der Waals surface area contributed by atoms with Crippen molar-refractivity contribution in [2.45, 2.75) is 19.9 Å². The number of benzene rings is 1. The molecule has 5 nitrogen and oxygen atoms in total. The Kier molecular flexibility index (Phi) is 9.32. The van der Waals surface area contributed by atoms with Crippen LogP contribution in [-0.4, -0.2) is 44.1 Å². The van der Waals surface area contributed by atoms with Gasteiger partial charge in [0.2, 0.25) is 0 Å². The molecular formula is C14H25IN4O. The minimum Gasteiger partial charge on any atom is -0.495 e. The summed E-state index contributed by atoms with van der Waals surface area (Å²) >= 11 is 0. The summed E-state index contributed by atoms with van der Waals surface area (Å²) in [7, 11) is 3.70. The van der Waals surface area contributed by atoms with Gasteiger partial charge in [-0.2, -0.15) is 0 Å². The van der Waals surface area contributed by atoms with E-state index >= 15 is 0 Å². The van der Waals surface area contributed by atoms with Crippen molar-refractivity contribution in [1.29, 1.82) is 0 Å². The fourth-order valence-corrected chi connectivity index (χ4v) is 1.51. The van der Waals surface area contributed by atoms with Crippen molar-refractivity contribution in [2.75, 3.05) is 32.6 Å². The first-order valence-corrected chi connectivity index (χ1v) is 6.44. The predicted octanol–water partition coefficient (Wildman–Crippen LogP) is 2.38. The molecule has 0 atom stereocenters. The van der Waals surface area contributed by atoms with E-state index in [-0.39, 0.29) is 24.0 Å². The molecule has 114 valence electrons. The number of guanidine groups is 1. The number of aliphatic imine (C=N–C) groups is 1. The molecule has 6 heteroatoms. The van der Waals surface area contributed by atoms with Gasteiger partial charge in [0.15, 0.2) is 5.96 Å². The van der Waals surface area contributed by atoms with Crippen molar-refractivity contribution in [1.82, 2.24) is 4.90 Å². The first-order valence-electron chi connectivity index (χ1n) is 6.44. The minimum absolute atomic E-state index is 0. The lowest BCUT2D eigenvalue weighted by molar-refractivity contribution is 0.282. The number of methoxy groups -OCH3 is 1. The summed E-state index contributed by atoms with van der Waals surface area (Å²) < 4.78 is 5.24. The number of ether oxygens (including phenoxy) is 1. The van der Waals surface area contributed by atoms with E-state index in [9.17, 15) is 0 Å². The Hall–Kier alpha value is -1.02. The number of nitrogens with two attached hydrogens (primary N) is 1. The van der Waals surface area contributed by atoms with Gasteiger partial charge in [-0.25, -0.2) is 0 Å². The Morgan fingerprint density at radius 1 is 1.40 bits per heavy atom. The Bertz CT molecular complexity index is 423. The van der Waals surface area contributed by atoms with Crippen LogP contribution in [0.15, 0.2) is 29.3 Å². The Morgan fingerprint density at radius 2 is 2.05 bits per heavy atom. The predicted molar refractivity (Wildman–Crippen MR) is 96.3 cm³/mol. The topological polar surface area (TPSA) is 62.9 Å². The highest BCUT2D eigenvalue weighted by molar-refractivity contribution is 14.0. The summed E-state index contributed by atoms with van der Waals surface area (Å²) in [6.07, 6.45) is 0. The molecule has 0 bridgehead atoms. The lowest BCUT2D eigenvalue weighted by Gasteiger charge is -2.19. The number of likely N-dealkylation sites (N-methyl/N-ethyl adjacent to an activating group) is 1. The summed E-state index contributed by atoms with van der Waals surface area (Å²) in [5.41, 5.74) is 6.68. The van der Waals surface area contributed by atoms with Crippen molar-refractivity contribution in [2.24, 2.45) is 10.7 Å². The number of hydrogen-bond acceptors (Lipinski definition) is 3. The lowest BCUT2D eigenvalue weighted by Crippen LogP contribution is -2.30.